The summed E-state index contributed by atoms with van der Waals surface area (Å²) in [5, 5.41) is 11.6. The molecule has 5 nitrogen and oxygen atoms in total. The highest BCUT2D eigenvalue weighted by molar-refractivity contribution is 5.87. The summed E-state index contributed by atoms with van der Waals surface area (Å²) in [5.74, 6) is -0.823. The molecule has 0 radical (unpaired) electrons. The molecule has 0 aliphatic heterocycles. The van der Waals surface area contributed by atoms with Gasteiger partial charge < -0.3 is 15.2 Å². The van der Waals surface area contributed by atoms with Gasteiger partial charge in [-0.2, -0.15) is 0 Å². The summed E-state index contributed by atoms with van der Waals surface area (Å²) in [7, 11) is 0. The molecule has 0 spiro atoms. The van der Waals surface area contributed by atoms with Crippen LogP contribution in [0.25, 0.3) is 0 Å². The van der Waals surface area contributed by atoms with Crippen LogP contribution in [0, 0.1) is 0 Å². The van der Waals surface area contributed by atoms with Crippen LogP contribution in [0.5, 0.6) is 5.75 Å². The highest BCUT2D eigenvalue weighted by Crippen LogP contribution is 2.14. The molecule has 0 saturated heterocycles. The van der Waals surface area contributed by atoms with Gasteiger partial charge in [0.05, 0.1) is 5.56 Å². The number of rotatable bonds is 9. The number of carboxylic acid groups (broad SMARTS) is 1. The molecular formula is C19H19F2NO4. The van der Waals surface area contributed by atoms with Crippen molar-refractivity contribution in [3.05, 3.63) is 65.2 Å². The van der Waals surface area contributed by atoms with Crippen LogP contribution in [0.3, 0.4) is 0 Å². The molecule has 0 aliphatic carbocycles. The van der Waals surface area contributed by atoms with E-state index in [0.717, 1.165) is 11.1 Å². The highest BCUT2D eigenvalue weighted by Gasteiger charge is 2.07. The summed E-state index contributed by atoms with van der Waals surface area (Å²) in [5.41, 5.74) is 1.82. The van der Waals surface area contributed by atoms with E-state index in [9.17, 15) is 18.4 Å². The van der Waals surface area contributed by atoms with Gasteiger partial charge in [-0.15, -0.1) is 0 Å². The van der Waals surface area contributed by atoms with E-state index < -0.39 is 19.0 Å². The van der Waals surface area contributed by atoms with Gasteiger partial charge in [-0.3, -0.25) is 4.79 Å². The van der Waals surface area contributed by atoms with Crippen LogP contribution in [0.15, 0.2) is 48.5 Å². The lowest BCUT2D eigenvalue weighted by atomic mass is 10.1. The lowest BCUT2D eigenvalue weighted by molar-refractivity contribution is -0.121. The molecule has 0 atom stereocenters. The second-order valence-corrected chi connectivity index (χ2v) is 5.63. The Bertz CT molecular complexity index is 747. The van der Waals surface area contributed by atoms with Gasteiger partial charge in [0.25, 0.3) is 6.43 Å². The first-order chi connectivity index (χ1) is 12.4. The van der Waals surface area contributed by atoms with Crippen LogP contribution in [0.2, 0.25) is 0 Å². The topological polar surface area (TPSA) is 75.6 Å². The number of aryl methyl sites for hydroxylation is 1. The van der Waals surface area contributed by atoms with E-state index >= 15 is 0 Å². The second-order valence-electron chi connectivity index (χ2n) is 5.63. The van der Waals surface area contributed by atoms with Crippen LogP contribution in [-0.4, -0.2) is 30.0 Å². The Kier molecular flexibility index (Phi) is 7.08. The summed E-state index contributed by atoms with van der Waals surface area (Å²) in [6.45, 7) is -0.404. The number of halogens is 2. The fraction of sp³-hybridized carbons (Fsp3) is 0.263. The quantitative estimate of drug-likeness (QED) is 0.717. The maximum Gasteiger partial charge on any atom is 0.335 e. The summed E-state index contributed by atoms with van der Waals surface area (Å²) in [4.78, 5) is 22.7. The number of amides is 1. The van der Waals surface area contributed by atoms with Crippen molar-refractivity contribution in [1.29, 1.82) is 0 Å². The predicted molar refractivity (Wildman–Crippen MR) is 91.5 cm³/mol. The van der Waals surface area contributed by atoms with Crippen LogP contribution in [-0.2, 0) is 17.8 Å². The molecule has 0 bridgehead atoms. The van der Waals surface area contributed by atoms with Crippen LogP contribution < -0.4 is 10.1 Å². The molecule has 26 heavy (non-hydrogen) atoms. The Morgan fingerprint density at radius 1 is 1.08 bits per heavy atom. The van der Waals surface area contributed by atoms with Crippen molar-refractivity contribution in [3.8, 4) is 5.75 Å². The third-order valence-corrected chi connectivity index (χ3v) is 3.61. The Labute approximate surface area is 149 Å². The molecule has 0 aromatic heterocycles. The van der Waals surface area contributed by atoms with E-state index in [1.807, 2.05) is 0 Å². The van der Waals surface area contributed by atoms with Gasteiger partial charge in [-0.1, -0.05) is 24.3 Å². The van der Waals surface area contributed by atoms with Crippen molar-refractivity contribution in [2.45, 2.75) is 25.8 Å². The third-order valence-electron chi connectivity index (χ3n) is 3.61. The largest absolute Gasteiger partial charge is 0.488 e. The summed E-state index contributed by atoms with van der Waals surface area (Å²) < 4.78 is 29.2. The molecule has 1 amide bonds. The lowest BCUT2D eigenvalue weighted by Gasteiger charge is -2.09. The standard InChI is InChI=1S/C19H19F2NO4/c20-17(21)12-26-16-3-1-2-14(10-16)11-22-18(23)9-6-13-4-7-15(8-5-13)19(24)25/h1-5,7-8,10,17H,6,9,11-12H2,(H,22,23)(H,24,25). The summed E-state index contributed by atoms with van der Waals surface area (Å²) in [6, 6.07) is 13.0. The first kappa shape index (κ1) is 19.4. The number of benzene rings is 2. The van der Waals surface area contributed by atoms with E-state index in [4.69, 9.17) is 9.84 Å². The number of alkyl halides is 2. The van der Waals surface area contributed by atoms with Crippen molar-refractivity contribution in [2.24, 2.45) is 0 Å². The number of hydrogen-bond donors (Lipinski definition) is 2. The van der Waals surface area contributed by atoms with Gasteiger partial charge in [-0.25, -0.2) is 13.6 Å². The fourth-order valence-electron chi connectivity index (χ4n) is 2.27. The van der Waals surface area contributed by atoms with E-state index in [1.165, 1.54) is 12.1 Å². The number of carboxylic acids is 1. The monoisotopic (exact) mass is 363 g/mol. The molecule has 0 fully saturated rings. The zero-order valence-electron chi connectivity index (χ0n) is 14.0. The van der Waals surface area contributed by atoms with Gasteiger partial charge in [0.2, 0.25) is 5.91 Å². The Hall–Kier alpha value is -2.96. The normalized spacial score (nSPS) is 10.6. The molecule has 138 valence electrons. The van der Waals surface area contributed by atoms with Gasteiger partial charge in [0.15, 0.2) is 0 Å². The number of nitrogens with one attached hydrogen (secondary N) is 1. The summed E-state index contributed by atoms with van der Waals surface area (Å²) >= 11 is 0. The Balaban J connectivity index is 1.77. The lowest BCUT2D eigenvalue weighted by Crippen LogP contribution is -2.23. The molecule has 0 aliphatic rings. The summed E-state index contributed by atoms with van der Waals surface area (Å²) in [6.07, 6.45) is -1.79. The number of ether oxygens (including phenoxy) is 1. The number of hydrogen-bond acceptors (Lipinski definition) is 3. The van der Waals surface area contributed by atoms with Gasteiger partial charge in [0, 0.05) is 13.0 Å². The minimum Gasteiger partial charge on any atom is -0.488 e. The number of carbonyl (C=O) groups is 2. The van der Waals surface area contributed by atoms with Crippen molar-refractivity contribution < 1.29 is 28.2 Å². The first-order valence-corrected chi connectivity index (χ1v) is 8.03. The van der Waals surface area contributed by atoms with E-state index in [1.54, 1.807) is 36.4 Å². The van der Waals surface area contributed by atoms with Crippen LogP contribution >= 0.6 is 0 Å². The Morgan fingerprint density at radius 3 is 2.46 bits per heavy atom. The van der Waals surface area contributed by atoms with E-state index in [2.05, 4.69) is 5.32 Å². The fourth-order valence-corrected chi connectivity index (χ4v) is 2.27. The molecule has 2 aromatic carbocycles. The number of carbonyl (C=O) groups excluding carboxylic acids is 1. The first-order valence-electron chi connectivity index (χ1n) is 8.03. The van der Waals surface area contributed by atoms with Crippen molar-refractivity contribution >= 4 is 11.9 Å². The van der Waals surface area contributed by atoms with E-state index in [-0.39, 0.29) is 24.4 Å². The SMILES string of the molecule is O=C(CCc1ccc(C(=O)O)cc1)NCc1cccc(OCC(F)F)c1. The maximum absolute atomic E-state index is 12.2. The van der Waals surface area contributed by atoms with Crippen molar-refractivity contribution in [1.82, 2.24) is 5.32 Å². The minimum atomic E-state index is -2.54. The van der Waals surface area contributed by atoms with Gasteiger partial charge in [0.1, 0.15) is 12.4 Å². The molecule has 2 rings (SSSR count). The smallest absolute Gasteiger partial charge is 0.335 e. The van der Waals surface area contributed by atoms with Crippen molar-refractivity contribution in [3.63, 3.8) is 0 Å². The van der Waals surface area contributed by atoms with Gasteiger partial charge >= 0.3 is 5.97 Å². The van der Waals surface area contributed by atoms with Gasteiger partial charge in [-0.05, 0) is 41.8 Å². The molecule has 0 saturated carbocycles. The third kappa shape index (κ3) is 6.51. The zero-order chi connectivity index (χ0) is 18.9. The molecule has 0 unspecified atom stereocenters. The van der Waals surface area contributed by atoms with Crippen LogP contribution in [0.1, 0.15) is 27.9 Å². The molecule has 7 heteroatoms. The number of aromatic carboxylic acids is 1. The van der Waals surface area contributed by atoms with Crippen LogP contribution in [0.4, 0.5) is 8.78 Å². The second kappa shape index (κ2) is 9.50. The molecular weight excluding hydrogens is 344 g/mol. The zero-order valence-corrected chi connectivity index (χ0v) is 14.0. The highest BCUT2D eigenvalue weighted by atomic mass is 19.3. The molecule has 2 N–H and O–H groups in total. The minimum absolute atomic E-state index is 0.161. The van der Waals surface area contributed by atoms with Crippen molar-refractivity contribution in [2.75, 3.05) is 6.61 Å². The van der Waals surface area contributed by atoms with E-state index in [0.29, 0.717) is 12.2 Å². The maximum atomic E-state index is 12.2. The average molecular weight is 363 g/mol. The Morgan fingerprint density at radius 2 is 1.81 bits per heavy atom. The molecule has 0 heterocycles. The predicted octanol–water partition coefficient (Wildman–Crippen LogP) is 3.28. The molecule has 2 aromatic rings. The average Bonchev–Trinajstić information content (AvgIpc) is 2.63.